The SMILES string of the molecule is Cc1[nH]c2ccc(Cc3ccc(C(=O)Nc4ccccc4)cc3)cc2c1C. The maximum absolute atomic E-state index is 12.4. The summed E-state index contributed by atoms with van der Waals surface area (Å²) in [6.45, 7) is 4.26. The average Bonchev–Trinajstić information content (AvgIpc) is 2.97. The highest BCUT2D eigenvalue weighted by molar-refractivity contribution is 6.04. The third-order valence-corrected chi connectivity index (χ3v) is 5.03. The summed E-state index contributed by atoms with van der Waals surface area (Å²) in [5.41, 5.74) is 7.63. The Hall–Kier alpha value is -3.33. The van der Waals surface area contributed by atoms with Crippen molar-refractivity contribution in [2.45, 2.75) is 20.3 Å². The first-order valence-electron chi connectivity index (χ1n) is 9.13. The molecule has 4 aromatic rings. The van der Waals surface area contributed by atoms with Gasteiger partial charge in [0.1, 0.15) is 0 Å². The molecule has 0 radical (unpaired) electrons. The van der Waals surface area contributed by atoms with E-state index in [2.05, 4.69) is 42.3 Å². The molecule has 1 amide bonds. The Morgan fingerprint density at radius 1 is 0.889 bits per heavy atom. The van der Waals surface area contributed by atoms with Crippen LogP contribution in [0.2, 0.25) is 0 Å². The minimum Gasteiger partial charge on any atom is -0.358 e. The van der Waals surface area contributed by atoms with E-state index in [-0.39, 0.29) is 5.91 Å². The second kappa shape index (κ2) is 7.12. The van der Waals surface area contributed by atoms with Crippen LogP contribution in [0.25, 0.3) is 10.9 Å². The number of para-hydroxylation sites is 1. The molecule has 134 valence electrons. The predicted molar refractivity (Wildman–Crippen MR) is 111 cm³/mol. The summed E-state index contributed by atoms with van der Waals surface area (Å²) in [6, 6.07) is 23.9. The number of hydrogen-bond acceptors (Lipinski definition) is 1. The van der Waals surface area contributed by atoms with Gasteiger partial charge < -0.3 is 10.3 Å². The Morgan fingerprint density at radius 2 is 1.59 bits per heavy atom. The van der Waals surface area contributed by atoms with Gasteiger partial charge in [0.05, 0.1) is 0 Å². The van der Waals surface area contributed by atoms with Gasteiger partial charge in [-0.05, 0) is 73.4 Å². The van der Waals surface area contributed by atoms with Gasteiger partial charge in [0.15, 0.2) is 0 Å². The van der Waals surface area contributed by atoms with E-state index in [1.165, 1.54) is 33.3 Å². The minimum absolute atomic E-state index is 0.0902. The molecule has 4 rings (SSSR count). The molecule has 1 aromatic heterocycles. The fourth-order valence-electron chi connectivity index (χ4n) is 3.35. The second-order valence-electron chi connectivity index (χ2n) is 6.95. The number of aromatic nitrogens is 1. The lowest BCUT2D eigenvalue weighted by Gasteiger charge is -2.07. The second-order valence-corrected chi connectivity index (χ2v) is 6.95. The van der Waals surface area contributed by atoms with E-state index in [0.29, 0.717) is 5.56 Å². The van der Waals surface area contributed by atoms with E-state index < -0.39 is 0 Å². The summed E-state index contributed by atoms with van der Waals surface area (Å²) in [5, 5.41) is 4.19. The van der Waals surface area contributed by atoms with Gasteiger partial charge in [0, 0.05) is 27.8 Å². The van der Waals surface area contributed by atoms with E-state index in [0.717, 1.165) is 12.1 Å². The van der Waals surface area contributed by atoms with Crippen molar-refractivity contribution < 1.29 is 4.79 Å². The van der Waals surface area contributed by atoms with Crippen LogP contribution in [0.15, 0.2) is 72.8 Å². The maximum atomic E-state index is 12.4. The standard InChI is InChI=1S/C24H22N2O/c1-16-17(2)25-23-13-10-19(15-22(16)23)14-18-8-11-20(12-9-18)24(27)26-21-6-4-3-5-7-21/h3-13,15,25H,14H2,1-2H3,(H,26,27). The van der Waals surface area contributed by atoms with Gasteiger partial charge in [-0.3, -0.25) is 4.79 Å². The van der Waals surface area contributed by atoms with Crippen LogP contribution in [0.3, 0.4) is 0 Å². The van der Waals surface area contributed by atoms with Crippen molar-refractivity contribution in [1.29, 1.82) is 0 Å². The summed E-state index contributed by atoms with van der Waals surface area (Å²) in [4.78, 5) is 15.8. The largest absolute Gasteiger partial charge is 0.358 e. The molecule has 0 spiro atoms. The zero-order valence-corrected chi connectivity index (χ0v) is 15.5. The van der Waals surface area contributed by atoms with Gasteiger partial charge in [-0.15, -0.1) is 0 Å². The van der Waals surface area contributed by atoms with E-state index in [1.54, 1.807) is 0 Å². The normalized spacial score (nSPS) is 10.9. The smallest absolute Gasteiger partial charge is 0.255 e. The number of anilines is 1. The van der Waals surface area contributed by atoms with E-state index in [9.17, 15) is 4.79 Å². The molecule has 0 aliphatic rings. The number of fused-ring (bicyclic) bond motifs is 1. The van der Waals surface area contributed by atoms with Gasteiger partial charge in [-0.2, -0.15) is 0 Å². The Kier molecular flexibility index (Phi) is 4.51. The first-order chi connectivity index (χ1) is 13.1. The summed E-state index contributed by atoms with van der Waals surface area (Å²) < 4.78 is 0. The van der Waals surface area contributed by atoms with Gasteiger partial charge in [0.25, 0.3) is 5.91 Å². The number of nitrogens with one attached hydrogen (secondary N) is 2. The van der Waals surface area contributed by atoms with Crippen LogP contribution in [0, 0.1) is 13.8 Å². The lowest BCUT2D eigenvalue weighted by molar-refractivity contribution is 0.102. The van der Waals surface area contributed by atoms with Crippen molar-refractivity contribution in [3.63, 3.8) is 0 Å². The molecule has 1 heterocycles. The molecule has 0 unspecified atom stereocenters. The van der Waals surface area contributed by atoms with Gasteiger partial charge in [-0.1, -0.05) is 36.4 Å². The topological polar surface area (TPSA) is 44.9 Å². The molecule has 0 aliphatic heterocycles. The van der Waals surface area contributed by atoms with Crippen LogP contribution in [-0.4, -0.2) is 10.9 Å². The first kappa shape index (κ1) is 17.1. The van der Waals surface area contributed by atoms with E-state index in [1.807, 2.05) is 54.6 Å². The molecule has 2 N–H and O–H groups in total. The van der Waals surface area contributed by atoms with Gasteiger partial charge >= 0.3 is 0 Å². The quantitative estimate of drug-likeness (QED) is 0.490. The number of benzene rings is 3. The van der Waals surface area contributed by atoms with Crippen molar-refractivity contribution in [3.8, 4) is 0 Å². The third-order valence-electron chi connectivity index (χ3n) is 5.03. The van der Waals surface area contributed by atoms with Gasteiger partial charge in [0.2, 0.25) is 0 Å². The van der Waals surface area contributed by atoms with Crippen molar-refractivity contribution in [2.24, 2.45) is 0 Å². The first-order valence-corrected chi connectivity index (χ1v) is 9.13. The number of rotatable bonds is 4. The molecule has 0 atom stereocenters. The lowest BCUT2D eigenvalue weighted by atomic mass is 10.0. The zero-order valence-electron chi connectivity index (χ0n) is 15.5. The highest BCUT2D eigenvalue weighted by atomic mass is 16.1. The summed E-state index contributed by atoms with van der Waals surface area (Å²) in [6.07, 6.45) is 0.847. The van der Waals surface area contributed by atoms with Crippen LogP contribution in [0.1, 0.15) is 32.7 Å². The third kappa shape index (κ3) is 3.63. The molecule has 0 saturated carbocycles. The fraction of sp³-hybridized carbons (Fsp3) is 0.125. The van der Waals surface area contributed by atoms with Crippen LogP contribution in [-0.2, 0) is 6.42 Å². The highest BCUT2D eigenvalue weighted by Crippen LogP contribution is 2.23. The van der Waals surface area contributed by atoms with E-state index in [4.69, 9.17) is 0 Å². The van der Waals surface area contributed by atoms with Crippen LogP contribution >= 0.6 is 0 Å². The number of hydrogen-bond donors (Lipinski definition) is 2. The number of carbonyl (C=O) groups is 1. The van der Waals surface area contributed by atoms with E-state index >= 15 is 0 Å². The fourth-order valence-corrected chi connectivity index (χ4v) is 3.35. The number of aromatic amines is 1. The van der Waals surface area contributed by atoms with Crippen molar-refractivity contribution in [3.05, 3.63) is 101 Å². The summed E-state index contributed by atoms with van der Waals surface area (Å²) in [5.74, 6) is -0.0902. The Bertz CT molecular complexity index is 1090. The average molecular weight is 354 g/mol. The number of aryl methyl sites for hydroxylation is 2. The number of carbonyl (C=O) groups excluding carboxylic acids is 1. The van der Waals surface area contributed by atoms with Crippen LogP contribution in [0.4, 0.5) is 5.69 Å². The number of amides is 1. The summed E-state index contributed by atoms with van der Waals surface area (Å²) >= 11 is 0. The Labute approximate surface area is 159 Å². The monoisotopic (exact) mass is 354 g/mol. The minimum atomic E-state index is -0.0902. The molecule has 0 aliphatic carbocycles. The summed E-state index contributed by atoms with van der Waals surface area (Å²) in [7, 11) is 0. The molecule has 3 heteroatoms. The number of H-pyrrole nitrogens is 1. The molecular weight excluding hydrogens is 332 g/mol. The Morgan fingerprint density at radius 3 is 2.33 bits per heavy atom. The Balaban J connectivity index is 1.49. The van der Waals surface area contributed by atoms with Crippen molar-refractivity contribution in [2.75, 3.05) is 5.32 Å². The predicted octanol–water partition coefficient (Wildman–Crippen LogP) is 5.63. The zero-order chi connectivity index (χ0) is 18.8. The molecular formula is C24H22N2O. The lowest BCUT2D eigenvalue weighted by Crippen LogP contribution is -2.11. The molecule has 3 aromatic carbocycles. The van der Waals surface area contributed by atoms with Crippen molar-refractivity contribution in [1.82, 2.24) is 4.98 Å². The molecule has 27 heavy (non-hydrogen) atoms. The maximum Gasteiger partial charge on any atom is 0.255 e. The van der Waals surface area contributed by atoms with Crippen molar-refractivity contribution >= 4 is 22.5 Å². The highest BCUT2D eigenvalue weighted by Gasteiger charge is 2.08. The van der Waals surface area contributed by atoms with Gasteiger partial charge in [-0.25, -0.2) is 0 Å². The van der Waals surface area contributed by atoms with Crippen LogP contribution in [0.5, 0.6) is 0 Å². The molecule has 3 nitrogen and oxygen atoms in total. The molecule has 0 bridgehead atoms. The van der Waals surface area contributed by atoms with Crippen LogP contribution < -0.4 is 5.32 Å². The molecule has 0 saturated heterocycles. The molecule has 0 fully saturated rings.